The second kappa shape index (κ2) is 7.67. The van der Waals surface area contributed by atoms with Crippen molar-refractivity contribution in [2.75, 3.05) is 5.32 Å². The lowest BCUT2D eigenvalue weighted by molar-refractivity contribution is 0.102. The predicted molar refractivity (Wildman–Crippen MR) is 96.4 cm³/mol. The van der Waals surface area contributed by atoms with Crippen molar-refractivity contribution in [2.24, 2.45) is 0 Å². The average molecular weight is 425 g/mol. The lowest BCUT2D eigenvalue weighted by Gasteiger charge is -2.08. The lowest BCUT2D eigenvalue weighted by Crippen LogP contribution is -2.14. The molecule has 3 aromatic rings. The number of hydrogen-bond donors (Lipinski definition) is 1. The van der Waals surface area contributed by atoms with Crippen molar-refractivity contribution in [3.63, 3.8) is 0 Å². The molecular formula is C17H12BrClFN3O2. The highest BCUT2D eigenvalue weighted by Gasteiger charge is 2.10. The lowest BCUT2D eigenvalue weighted by atomic mass is 10.3. The van der Waals surface area contributed by atoms with Gasteiger partial charge in [0.1, 0.15) is 11.6 Å². The van der Waals surface area contributed by atoms with Gasteiger partial charge in [0, 0.05) is 16.9 Å². The Kier molecular flexibility index (Phi) is 5.35. The van der Waals surface area contributed by atoms with E-state index in [9.17, 15) is 9.18 Å². The van der Waals surface area contributed by atoms with Crippen molar-refractivity contribution in [2.45, 2.75) is 6.73 Å². The molecule has 128 valence electrons. The molecule has 0 spiro atoms. The van der Waals surface area contributed by atoms with Crippen molar-refractivity contribution >= 4 is 39.1 Å². The number of nitrogens with zero attached hydrogens (tertiary/aromatic N) is 2. The summed E-state index contributed by atoms with van der Waals surface area (Å²) >= 11 is 9.24. The Balaban J connectivity index is 1.61. The van der Waals surface area contributed by atoms with Crippen LogP contribution >= 0.6 is 27.5 Å². The second-order valence-electron chi connectivity index (χ2n) is 5.05. The van der Waals surface area contributed by atoms with Crippen molar-refractivity contribution in [3.05, 3.63) is 75.7 Å². The number of anilines is 1. The number of nitrogens with one attached hydrogen (secondary N) is 1. The van der Waals surface area contributed by atoms with E-state index in [-0.39, 0.29) is 18.2 Å². The van der Waals surface area contributed by atoms with Crippen LogP contribution in [0, 0.1) is 5.82 Å². The van der Waals surface area contributed by atoms with Crippen molar-refractivity contribution < 1.29 is 13.9 Å². The van der Waals surface area contributed by atoms with Gasteiger partial charge < -0.3 is 10.1 Å². The van der Waals surface area contributed by atoms with Gasteiger partial charge in [-0.25, -0.2) is 9.07 Å². The first-order chi connectivity index (χ1) is 12.0. The molecule has 1 amide bonds. The van der Waals surface area contributed by atoms with Gasteiger partial charge in [-0.05, 0) is 64.5 Å². The zero-order valence-corrected chi connectivity index (χ0v) is 15.1. The van der Waals surface area contributed by atoms with Gasteiger partial charge in [0.25, 0.3) is 5.91 Å². The van der Waals surface area contributed by atoms with E-state index in [0.717, 1.165) is 4.47 Å². The molecule has 25 heavy (non-hydrogen) atoms. The fourth-order valence-electron chi connectivity index (χ4n) is 2.01. The van der Waals surface area contributed by atoms with Crippen molar-refractivity contribution in [1.29, 1.82) is 0 Å². The third-order valence-corrected chi connectivity index (χ3v) is 4.08. The maximum absolute atomic E-state index is 12.9. The van der Waals surface area contributed by atoms with Gasteiger partial charge in [-0.15, -0.1) is 0 Å². The molecule has 2 aromatic carbocycles. The summed E-state index contributed by atoms with van der Waals surface area (Å²) in [5.74, 6) is -0.150. The molecule has 0 aliphatic rings. The summed E-state index contributed by atoms with van der Waals surface area (Å²) in [4.78, 5) is 12.1. The molecule has 3 rings (SSSR count). The van der Waals surface area contributed by atoms with Gasteiger partial charge in [-0.1, -0.05) is 11.6 Å². The van der Waals surface area contributed by atoms with E-state index in [1.165, 1.54) is 28.9 Å². The number of benzene rings is 2. The minimum atomic E-state index is -0.391. The molecular weight excluding hydrogens is 413 g/mol. The molecule has 0 aliphatic carbocycles. The first-order valence-electron chi connectivity index (χ1n) is 7.19. The van der Waals surface area contributed by atoms with Crippen LogP contribution in [-0.2, 0) is 6.73 Å². The van der Waals surface area contributed by atoms with Gasteiger partial charge in [-0.2, -0.15) is 5.10 Å². The van der Waals surface area contributed by atoms with E-state index >= 15 is 0 Å². The second-order valence-corrected chi connectivity index (χ2v) is 6.34. The van der Waals surface area contributed by atoms with Crippen LogP contribution in [0.25, 0.3) is 0 Å². The third kappa shape index (κ3) is 4.58. The third-order valence-electron chi connectivity index (χ3n) is 3.22. The molecule has 0 unspecified atom stereocenters. The largest absolute Gasteiger partial charge is 0.470 e. The van der Waals surface area contributed by atoms with Crippen LogP contribution in [0.5, 0.6) is 5.75 Å². The maximum Gasteiger partial charge on any atom is 0.276 e. The topological polar surface area (TPSA) is 56.2 Å². The van der Waals surface area contributed by atoms with Gasteiger partial charge in [-0.3, -0.25) is 4.79 Å². The summed E-state index contributed by atoms with van der Waals surface area (Å²) in [7, 11) is 0. The van der Waals surface area contributed by atoms with Crippen LogP contribution < -0.4 is 10.1 Å². The average Bonchev–Trinajstić information content (AvgIpc) is 3.05. The van der Waals surface area contributed by atoms with Crippen LogP contribution in [0.15, 0.2) is 59.2 Å². The monoisotopic (exact) mass is 423 g/mol. The molecule has 8 heteroatoms. The summed E-state index contributed by atoms with van der Waals surface area (Å²) in [5, 5.41) is 7.39. The Hall–Kier alpha value is -2.38. The Morgan fingerprint density at radius 1 is 1.24 bits per heavy atom. The van der Waals surface area contributed by atoms with Crippen LogP contribution in [0.3, 0.4) is 0 Å². The van der Waals surface area contributed by atoms with Gasteiger partial charge in [0.05, 0.1) is 4.47 Å². The van der Waals surface area contributed by atoms with E-state index in [2.05, 4.69) is 26.3 Å². The number of rotatable bonds is 5. The zero-order chi connectivity index (χ0) is 17.8. The molecule has 5 nitrogen and oxygen atoms in total. The molecule has 1 heterocycles. The molecule has 0 saturated carbocycles. The first kappa shape index (κ1) is 17.4. The summed E-state index contributed by atoms with van der Waals surface area (Å²) in [6, 6.07) is 12.2. The molecule has 0 fully saturated rings. The highest BCUT2D eigenvalue weighted by Crippen LogP contribution is 2.28. The van der Waals surface area contributed by atoms with Crippen molar-refractivity contribution in [3.8, 4) is 5.75 Å². The molecule has 0 aliphatic heterocycles. The van der Waals surface area contributed by atoms with Crippen molar-refractivity contribution in [1.82, 2.24) is 9.78 Å². The number of carbonyl (C=O) groups is 1. The Morgan fingerprint density at radius 2 is 2.00 bits per heavy atom. The van der Waals surface area contributed by atoms with E-state index in [0.29, 0.717) is 16.5 Å². The predicted octanol–water partition coefficient (Wildman–Crippen LogP) is 4.73. The highest BCUT2D eigenvalue weighted by molar-refractivity contribution is 9.10. The van der Waals surface area contributed by atoms with E-state index < -0.39 is 5.91 Å². The van der Waals surface area contributed by atoms with Gasteiger partial charge >= 0.3 is 0 Å². The SMILES string of the molecule is O=C(Nc1ccc(F)cc1)c1ccn(COc2ccc(Cl)cc2Br)n1. The Bertz CT molecular complexity index is 899. The number of amides is 1. The quantitative estimate of drug-likeness (QED) is 0.644. The smallest absolute Gasteiger partial charge is 0.276 e. The van der Waals surface area contributed by atoms with E-state index in [1.807, 2.05) is 0 Å². The standard InChI is InChI=1S/C17H12BrClFN3O2/c18-14-9-11(19)1-6-16(14)25-10-23-8-7-15(22-23)17(24)21-13-4-2-12(20)3-5-13/h1-9H,10H2,(H,21,24). The summed E-state index contributed by atoms with van der Waals surface area (Å²) in [6.45, 7) is 0.129. The fourth-order valence-corrected chi connectivity index (χ4v) is 2.81. The van der Waals surface area contributed by atoms with Crippen LogP contribution in [-0.4, -0.2) is 15.7 Å². The van der Waals surface area contributed by atoms with Crippen LogP contribution in [0.2, 0.25) is 5.02 Å². The minimum absolute atomic E-state index is 0.129. The Morgan fingerprint density at radius 3 is 2.72 bits per heavy atom. The first-order valence-corrected chi connectivity index (χ1v) is 8.36. The minimum Gasteiger partial charge on any atom is -0.470 e. The van der Waals surface area contributed by atoms with E-state index in [4.69, 9.17) is 16.3 Å². The molecule has 1 aromatic heterocycles. The van der Waals surface area contributed by atoms with Gasteiger partial charge in [0.15, 0.2) is 12.4 Å². The highest BCUT2D eigenvalue weighted by atomic mass is 79.9. The molecule has 0 saturated heterocycles. The molecule has 0 bridgehead atoms. The fraction of sp³-hybridized carbons (Fsp3) is 0.0588. The molecule has 0 radical (unpaired) electrons. The summed E-state index contributed by atoms with van der Waals surface area (Å²) < 4.78 is 20.7. The maximum atomic E-state index is 12.9. The van der Waals surface area contributed by atoms with E-state index in [1.54, 1.807) is 30.5 Å². The Labute approximate surface area is 156 Å². The summed E-state index contributed by atoms with van der Waals surface area (Å²) in [6.07, 6.45) is 1.63. The molecule has 0 atom stereocenters. The normalized spacial score (nSPS) is 10.5. The molecule has 1 N–H and O–H groups in total. The number of hydrogen-bond acceptors (Lipinski definition) is 3. The zero-order valence-electron chi connectivity index (χ0n) is 12.7. The van der Waals surface area contributed by atoms with Crippen LogP contribution in [0.1, 0.15) is 10.5 Å². The van der Waals surface area contributed by atoms with Gasteiger partial charge in [0.2, 0.25) is 0 Å². The number of aromatic nitrogens is 2. The number of carbonyl (C=O) groups excluding carboxylic acids is 1. The number of halogens is 3. The van der Waals surface area contributed by atoms with Crippen LogP contribution in [0.4, 0.5) is 10.1 Å². The number of ether oxygens (including phenoxy) is 1. The summed E-state index contributed by atoms with van der Waals surface area (Å²) in [5.41, 5.74) is 0.713.